The Labute approximate surface area is 369 Å². The Morgan fingerprint density at radius 1 is 0.638 bits per heavy atom. The normalized spacial score (nSPS) is 13.7. The third-order valence-corrected chi connectivity index (χ3v) is 29.6. The molecular formula is C53H54Cl4Zr. The number of rotatable bonds is 11. The van der Waals surface area contributed by atoms with Crippen molar-refractivity contribution in [1.82, 2.24) is 0 Å². The summed E-state index contributed by atoms with van der Waals surface area (Å²) in [5.74, 6) is 0.819. The van der Waals surface area contributed by atoms with E-state index >= 15 is 0 Å². The van der Waals surface area contributed by atoms with Gasteiger partial charge in [-0.05, 0) is 0 Å². The van der Waals surface area contributed by atoms with Crippen molar-refractivity contribution in [3.05, 3.63) is 203 Å². The minimum atomic E-state index is -4.77. The van der Waals surface area contributed by atoms with E-state index in [1.54, 1.807) is 6.55 Å². The molecule has 0 radical (unpaired) electrons. The van der Waals surface area contributed by atoms with Crippen LogP contribution in [0.2, 0.25) is 10.0 Å². The predicted octanol–water partition coefficient (Wildman–Crippen LogP) is 15.0. The van der Waals surface area contributed by atoms with Gasteiger partial charge < -0.3 is 0 Å². The monoisotopic (exact) mass is 920 g/mol. The Hall–Kier alpha value is -3.29. The van der Waals surface area contributed by atoms with Gasteiger partial charge in [0.15, 0.2) is 0 Å². The van der Waals surface area contributed by atoms with Crippen molar-refractivity contribution >= 4 is 55.5 Å². The number of aryl methyl sites for hydroxylation is 3. The van der Waals surface area contributed by atoms with Gasteiger partial charge in [-0.15, -0.1) is 24.8 Å². The summed E-state index contributed by atoms with van der Waals surface area (Å²) >= 11 is 8.36. The van der Waals surface area contributed by atoms with E-state index in [9.17, 15) is 0 Å². The first-order chi connectivity index (χ1) is 26.9. The first kappa shape index (κ1) is 44.3. The molecule has 2 aliphatic rings. The van der Waals surface area contributed by atoms with E-state index in [1.807, 2.05) is 0 Å². The molecule has 298 valence electrons. The zero-order valence-corrected chi connectivity index (χ0v) is 39.9. The van der Waals surface area contributed by atoms with E-state index in [-0.39, 0.29) is 24.8 Å². The van der Waals surface area contributed by atoms with Crippen molar-refractivity contribution in [2.75, 3.05) is 0 Å². The van der Waals surface area contributed by atoms with Gasteiger partial charge in [-0.25, -0.2) is 0 Å². The van der Waals surface area contributed by atoms with Crippen molar-refractivity contribution in [2.45, 2.75) is 68.1 Å². The predicted molar refractivity (Wildman–Crippen MR) is 255 cm³/mol. The molecule has 5 heteroatoms. The van der Waals surface area contributed by atoms with Crippen LogP contribution in [0.1, 0.15) is 76.3 Å². The van der Waals surface area contributed by atoms with Gasteiger partial charge in [-0.2, -0.15) is 0 Å². The van der Waals surface area contributed by atoms with Gasteiger partial charge in [0.25, 0.3) is 0 Å². The molecule has 0 heterocycles. The number of hydrogen-bond donors (Lipinski definition) is 0. The fourth-order valence-corrected chi connectivity index (χ4v) is 27.6. The van der Waals surface area contributed by atoms with Crippen LogP contribution in [0.25, 0.3) is 22.3 Å². The molecule has 1 unspecified atom stereocenters. The van der Waals surface area contributed by atoms with Crippen LogP contribution in [0.15, 0.2) is 143 Å². The summed E-state index contributed by atoms with van der Waals surface area (Å²) in [6.07, 6.45) is 9.92. The van der Waals surface area contributed by atoms with Crippen LogP contribution in [0, 0.1) is 26.7 Å². The van der Waals surface area contributed by atoms with Crippen molar-refractivity contribution in [2.24, 2.45) is 5.92 Å². The number of allylic oxidation sites excluding steroid dienone is 4. The summed E-state index contributed by atoms with van der Waals surface area (Å²) in [6, 6.07) is 45.1. The molecule has 58 heavy (non-hydrogen) atoms. The van der Waals surface area contributed by atoms with Gasteiger partial charge in [-0.3, -0.25) is 0 Å². The molecule has 0 nitrogen and oxygen atoms in total. The number of benzene rings is 6. The summed E-state index contributed by atoms with van der Waals surface area (Å²) in [6.45, 7) is 11.6. The number of halogens is 4. The molecule has 6 aromatic rings. The van der Waals surface area contributed by atoms with Crippen LogP contribution in [0.3, 0.4) is 0 Å². The second-order valence-corrected chi connectivity index (χ2v) is 32.2. The fraction of sp³-hybridized carbons (Fsp3) is 0.226. The summed E-state index contributed by atoms with van der Waals surface area (Å²) in [5, 5.41) is 1.53. The van der Waals surface area contributed by atoms with Gasteiger partial charge in [0.1, 0.15) is 0 Å². The maximum atomic E-state index is 6.56. The Morgan fingerprint density at radius 2 is 1.24 bits per heavy atom. The van der Waals surface area contributed by atoms with Gasteiger partial charge in [0.05, 0.1) is 0 Å². The van der Waals surface area contributed by atoms with Crippen molar-refractivity contribution in [3.63, 3.8) is 0 Å². The molecule has 8 rings (SSSR count). The standard InChI is InChI=1S/C33H33.2C7H6Cl.C5H5.CH2.2ClH.Zr/c1-21(2)31(28-12-8-6-10-22(28)3)18-25-14-15-30-26(17-25)19-27-20-32(24(5)16-33(27)30)29-13-9-7-11-23(29)4;2*1-6-2-4-7(8)5-3-6;1-2-4-5-3-1;;;;/h6-16,20-21,31H,18-19H2,1-5H3;2*2-5H,1H2;1-3H,4H2;1H2;2*1H;. The van der Waals surface area contributed by atoms with E-state index in [2.05, 4.69) is 174 Å². The third-order valence-electron chi connectivity index (χ3n) is 13.1. The minimum absolute atomic E-state index is 0. The van der Waals surface area contributed by atoms with Gasteiger partial charge in [0.2, 0.25) is 0 Å². The van der Waals surface area contributed by atoms with E-state index in [0.717, 1.165) is 37.6 Å². The zero-order chi connectivity index (χ0) is 39.2. The van der Waals surface area contributed by atoms with Crippen LogP contribution in [-0.2, 0) is 39.4 Å². The fourth-order valence-electron chi connectivity index (χ4n) is 10.3. The third kappa shape index (κ3) is 8.25. The van der Waals surface area contributed by atoms with Crippen LogP contribution < -0.4 is 3.27 Å². The van der Waals surface area contributed by atoms with E-state index in [4.69, 9.17) is 27.4 Å². The zero-order valence-electron chi connectivity index (χ0n) is 34.2. The molecule has 2 aliphatic carbocycles. The molecule has 0 aromatic heterocycles. The van der Waals surface area contributed by atoms with Crippen LogP contribution in [-0.4, -0.2) is 4.21 Å². The number of hydrogen-bond acceptors (Lipinski definition) is 0. The Kier molecular flexibility index (Phi) is 13.5. The molecule has 0 spiro atoms. The molecule has 0 bridgehead atoms. The van der Waals surface area contributed by atoms with Crippen LogP contribution >= 0.6 is 48.0 Å². The van der Waals surface area contributed by atoms with Crippen molar-refractivity contribution in [1.29, 1.82) is 0 Å². The molecule has 0 saturated heterocycles. The SMILES string of the molecule is Cl.Cl.[CH2]=[Zr]([CH2]c1ccc(Cl)cc1)([CH2]c1ccc(Cl)cc1)([C]1=CC=CC1)[c]1c(CC(c2ccccc2C)C(C)C)ccc2c1Cc1cc(-c3ccccc3C)c(C)cc1-2. The Balaban J connectivity index is 0.00000283. The molecule has 0 N–H and O–H groups in total. The van der Waals surface area contributed by atoms with E-state index in [0.29, 0.717) is 11.8 Å². The maximum absolute atomic E-state index is 6.56. The molecule has 0 fully saturated rings. The second kappa shape index (κ2) is 17.7. The molecule has 0 aliphatic heterocycles. The summed E-state index contributed by atoms with van der Waals surface area (Å²) in [4.78, 5) is 0. The van der Waals surface area contributed by atoms with Gasteiger partial charge in [0, 0.05) is 0 Å². The van der Waals surface area contributed by atoms with E-state index in [1.165, 1.54) is 72.3 Å². The summed E-state index contributed by atoms with van der Waals surface area (Å²) < 4.78 is 10.9. The Bertz CT molecular complexity index is 2540. The first-order valence-electron chi connectivity index (χ1n) is 20.2. The van der Waals surface area contributed by atoms with Crippen molar-refractivity contribution < 1.29 is 18.3 Å². The molecular weight excluding hydrogens is 870 g/mol. The second-order valence-electron chi connectivity index (χ2n) is 17.2. The Morgan fingerprint density at radius 3 is 1.81 bits per heavy atom. The molecule has 0 saturated carbocycles. The van der Waals surface area contributed by atoms with Crippen LogP contribution in [0.5, 0.6) is 0 Å². The topological polar surface area (TPSA) is 0 Å². The summed E-state index contributed by atoms with van der Waals surface area (Å²) in [5.41, 5.74) is 17.9. The van der Waals surface area contributed by atoms with Crippen LogP contribution in [0.4, 0.5) is 0 Å². The average Bonchev–Trinajstić information content (AvgIpc) is 3.86. The van der Waals surface area contributed by atoms with Crippen molar-refractivity contribution in [3.8, 4) is 22.3 Å². The van der Waals surface area contributed by atoms with E-state index < -0.39 is 18.3 Å². The van der Waals surface area contributed by atoms with Gasteiger partial charge >= 0.3 is 348 Å². The quantitative estimate of drug-likeness (QED) is 0.121. The number of fused-ring (bicyclic) bond motifs is 3. The molecule has 6 aromatic carbocycles. The average molecular weight is 924 g/mol. The first-order valence-corrected chi connectivity index (χ1v) is 28.6. The summed E-state index contributed by atoms with van der Waals surface area (Å²) in [7, 11) is 0. The van der Waals surface area contributed by atoms with Gasteiger partial charge in [-0.1, -0.05) is 0 Å². The molecule has 1 atom stereocenters. The molecule has 0 amide bonds.